The largest absolute Gasteiger partial charge is 0.396 e. The Morgan fingerprint density at radius 3 is 2.85 bits per heavy atom. The highest BCUT2D eigenvalue weighted by atomic mass is 16.3. The van der Waals surface area contributed by atoms with Gasteiger partial charge in [0.1, 0.15) is 17.5 Å². The fraction of sp³-hybridized carbons (Fsp3) is 0.733. The normalized spacial score (nSPS) is 19.2. The average Bonchev–Trinajstić information content (AvgIpc) is 2.48. The lowest BCUT2D eigenvalue weighted by Crippen LogP contribution is -2.37. The van der Waals surface area contributed by atoms with Crippen molar-refractivity contribution in [3.8, 4) is 0 Å². The Hall–Kier alpha value is -1.36. The SMILES string of the molecule is CCc1nc(NC)c(C)c(N2CCCC(CCO)C2)n1. The summed E-state index contributed by atoms with van der Waals surface area (Å²) >= 11 is 0. The molecule has 1 aliphatic rings. The lowest BCUT2D eigenvalue weighted by Gasteiger charge is -2.34. The Labute approximate surface area is 121 Å². The van der Waals surface area contributed by atoms with Crippen molar-refractivity contribution in [1.82, 2.24) is 9.97 Å². The highest BCUT2D eigenvalue weighted by Gasteiger charge is 2.23. The van der Waals surface area contributed by atoms with E-state index in [0.29, 0.717) is 5.92 Å². The molecule has 0 amide bonds. The molecule has 1 saturated heterocycles. The standard InChI is InChI=1S/C15H26N4O/c1-4-13-17-14(16-3)11(2)15(18-13)19-8-5-6-12(10-19)7-9-20/h12,20H,4-10H2,1-3H3,(H,16,17,18). The van der Waals surface area contributed by atoms with E-state index in [1.54, 1.807) is 0 Å². The van der Waals surface area contributed by atoms with Gasteiger partial charge in [-0.1, -0.05) is 6.92 Å². The third kappa shape index (κ3) is 3.20. The molecule has 1 aromatic rings. The molecule has 0 aromatic carbocycles. The third-order valence-electron chi connectivity index (χ3n) is 4.08. The molecule has 2 rings (SSSR count). The number of anilines is 2. The first-order valence-electron chi connectivity index (χ1n) is 7.60. The zero-order valence-electron chi connectivity index (χ0n) is 12.8. The van der Waals surface area contributed by atoms with Gasteiger partial charge in [0.05, 0.1) is 0 Å². The van der Waals surface area contributed by atoms with Crippen LogP contribution in [-0.2, 0) is 6.42 Å². The van der Waals surface area contributed by atoms with Crippen molar-refractivity contribution < 1.29 is 5.11 Å². The highest BCUT2D eigenvalue weighted by molar-refractivity contribution is 5.58. The minimum absolute atomic E-state index is 0.281. The maximum Gasteiger partial charge on any atom is 0.137 e. The summed E-state index contributed by atoms with van der Waals surface area (Å²) in [7, 11) is 1.91. The van der Waals surface area contributed by atoms with Gasteiger partial charge in [-0.25, -0.2) is 9.97 Å². The molecule has 20 heavy (non-hydrogen) atoms. The summed E-state index contributed by atoms with van der Waals surface area (Å²) in [6.45, 7) is 6.48. The van der Waals surface area contributed by atoms with Crippen molar-refractivity contribution in [2.75, 3.05) is 37.0 Å². The number of nitrogens with one attached hydrogen (secondary N) is 1. The van der Waals surface area contributed by atoms with Crippen molar-refractivity contribution >= 4 is 11.6 Å². The fourth-order valence-electron chi connectivity index (χ4n) is 2.93. The predicted molar refractivity (Wildman–Crippen MR) is 82.3 cm³/mol. The summed E-state index contributed by atoms with van der Waals surface area (Å²) in [4.78, 5) is 11.6. The number of hydrogen-bond donors (Lipinski definition) is 2. The number of piperidine rings is 1. The maximum atomic E-state index is 9.14. The van der Waals surface area contributed by atoms with Crippen LogP contribution < -0.4 is 10.2 Å². The summed E-state index contributed by atoms with van der Waals surface area (Å²) in [6.07, 6.45) is 4.11. The molecule has 1 fully saturated rings. The highest BCUT2D eigenvalue weighted by Crippen LogP contribution is 2.28. The van der Waals surface area contributed by atoms with Crippen LogP contribution in [0.3, 0.4) is 0 Å². The van der Waals surface area contributed by atoms with E-state index in [-0.39, 0.29) is 6.61 Å². The van der Waals surface area contributed by atoms with Gasteiger partial charge in [-0.05, 0) is 32.1 Å². The first-order valence-corrected chi connectivity index (χ1v) is 7.60. The molecule has 0 spiro atoms. The Morgan fingerprint density at radius 1 is 1.40 bits per heavy atom. The molecule has 0 radical (unpaired) electrons. The van der Waals surface area contributed by atoms with Crippen molar-refractivity contribution in [1.29, 1.82) is 0 Å². The molecule has 5 heteroatoms. The van der Waals surface area contributed by atoms with Crippen LogP contribution in [0.25, 0.3) is 0 Å². The Bertz CT molecular complexity index is 448. The van der Waals surface area contributed by atoms with Crippen molar-refractivity contribution in [3.05, 3.63) is 11.4 Å². The Kier molecular flexibility index (Phi) is 5.17. The number of rotatable bonds is 5. The molecule has 112 valence electrons. The van der Waals surface area contributed by atoms with Gasteiger partial charge in [0, 0.05) is 38.7 Å². The number of nitrogens with zero attached hydrogens (tertiary/aromatic N) is 3. The van der Waals surface area contributed by atoms with Gasteiger partial charge in [-0.15, -0.1) is 0 Å². The maximum absolute atomic E-state index is 9.14. The molecular formula is C15H26N4O. The zero-order valence-corrected chi connectivity index (χ0v) is 12.8. The van der Waals surface area contributed by atoms with E-state index < -0.39 is 0 Å². The number of aromatic nitrogens is 2. The molecule has 5 nitrogen and oxygen atoms in total. The van der Waals surface area contributed by atoms with Gasteiger partial charge in [0.25, 0.3) is 0 Å². The molecule has 2 heterocycles. The first kappa shape index (κ1) is 15.0. The molecule has 1 aliphatic heterocycles. The second-order valence-electron chi connectivity index (χ2n) is 5.51. The Balaban J connectivity index is 2.26. The van der Waals surface area contributed by atoms with Gasteiger partial charge in [-0.3, -0.25) is 0 Å². The van der Waals surface area contributed by atoms with E-state index >= 15 is 0 Å². The van der Waals surface area contributed by atoms with Crippen LogP contribution in [0.2, 0.25) is 0 Å². The second-order valence-corrected chi connectivity index (χ2v) is 5.51. The number of aliphatic hydroxyl groups is 1. The van der Waals surface area contributed by atoms with E-state index in [1.165, 1.54) is 12.8 Å². The average molecular weight is 278 g/mol. The molecule has 1 aromatic heterocycles. The first-order chi connectivity index (χ1) is 9.69. The number of aliphatic hydroxyl groups excluding tert-OH is 1. The topological polar surface area (TPSA) is 61.3 Å². The number of aryl methyl sites for hydroxylation is 1. The third-order valence-corrected chi connectivity index (χ3v) is 4.08. The van der Waals surface area contributed by atoms with Crippen molar-refractivity contribution in [2.45, 2.75) is 39.5 Å². The molecular weight excluding hydrogens is 252 g/mol. The fourth-order valence-corrected chi connectivity index (χ4v) is 2.93. The Morgan fingerprint density at radius 2 is 2.20 bits per heavy atom. The van der Waals surface area contributed by atoms with Gasteiger partial charge in [0.2, 0.25) is 0 Å². The van der Waals surface area contributed by atoms with Crippen LogP contribution in [0.15, 0.2) is 0 Å². The lowest BCUT2D eigenvalue weighted by atomic mass is 9.95. The quantitative estimate of drug-likeness (QED) is 0.862. The minimum atomic E-state index is 0.281. The molecule has 0 saturated carbocycles. The summed E-state index contributed by atoms with van der Waals surface area (Å²) in [5.74, 6) is 3.45. The van der Waals surface area contributed by atoms with E-state index in [9.17, 15) is 0 Å². The molecule has 1 unspecified atom stereocenters. The van der Waals surface area contributed by atoms with Crippen molar-refractivity contribution in [2.24, 2.45) is 5.92 Å². The predicted octanol–water partition coefficient (Wildman–Crippen LogP) is 1.99. The lowest BCUT2D eigenvalue weighted by molar-refractivity contribution is 0.244. The van der Waals surface area contributed by atoms with Crippen LogP contribution in [0.5, 0.6) is 0 Å². The molecule has 0 bridgehead atoms. The summed E-state index contributed by atoms with van der Waals surface area (Å²) in [6, 6.07) is 0. The van der Waals surface area contributed by atoms with Gasteiger partial charge >= 0.3 is 0 Å². The van der Waals surface area contributed by atoms with E-state index in [4.69, 9.17) is 10.1 Å². The van der Waals surface area contributed by atoms with E-state index in [2.05, 4.69) is 29.0 Å². The zero-order chi connectivity index (χ0) is 14.5. The van der Waals surface area contributed by atoms with E-state index in [1.807, 2.05) is 7.05 Å². The summed E-state index contributed by atoms with van der Waals surface area (Å²) in [5.41, 5.74) is 1.12. The van der Waals surface area contributed by atoms with Gasteiger partial charge in [-0.2, -0.15) is 0 Å². The molecule has 1 atom stereocenters. The van der Waals surface area contributed by atoms with E-state index in [0.717, 1.165) is 49.0 Å². The van der Waals surface area contributed by atoms with Crippen LogP contribution in [0.1, 0.15) is 37.6 Å². The smallest absolute Gasteiger partial charge is 0.137 e. The summed E-state index contributed by atoms with van der Waals surface area (Å²) in [5, 5.41) is 12.3. The monoisotopic (exact) mass is 278 g/mol. The minimum Gasteiger partial charge on any atom is -0.396 e. The van der Waals surface area contributed by atoms with Crippen LogP contribution in [-0.4, -0.2) is 41.8 Å². The van der Waals surface area contributed by atoms with Gasteiger partial charge in [0.15, 0.2) is 0 Å². The second kappa shape index (κ2) is 6.88. The molecule has 0 aliphatic carbocycles. The molecule has 2 N–H and O–H groups in total. The number of hydrogen-bond acceptors (Lipinski definition) is 5. The van der Waals surface area contributed by atoms with Gasteiger partial charge < -0.3 is 15.3 Å². The van der Waals surface area contributed by atoms with Crippen molar-refractivity contribution in [3.63, 3.8) is 0 Å². The van der Waals surface area contributed by atoms with Crippen LogP contribution in [0, 0.1) is 12.8 Å². The van der Waals surface area contributed by atoms with Crippen LogP contribution >= 0.6 is 0 Å². The van der Waals surface area contributed by atoms with Crippen LogP contribution in [0.4, 0.5) is 11.6 Å². The summed E-state index contributed by atoms with van der Waals surface area (Å²) < 4.78 is 0.